The molecule has 0 saturated carbocycles. The number of aromatic nitrogens is 2. The zero-order valence-corrected chi connectivity index (χ0v) is 17.3. The molecular weight excluding hydrogens is 400 g/mol. The van der Waals surface area contributed by atoms with Crippen molar-refractivity contribution >= 4 is 34.5 Å². The SMILES string of the molecule is COCC[NH+](CC(=O)Nc1cccc(Cl)c1C)Cc1nnc(-c2cccs2)o1. The minimum absolute atomic E-state index is 0.116. The first-order valence-corrected chi connectivity index (χ1v) is 10.1. The van der Waals surface area contributed by atoms with Crippen molar-refractivity contribution in [2.24, 2.45) is 0 Å². The van der Waals surface area contributed by atoms with Gasteiger partial charge in [-0.2, -0.15) is 0 Å². The Morgan fingerprint density at radius 3 is 2.93 bits per heavy atom. The third kappa shape index (κ3) is 5.39. The molecule has 0 aliphatic rings. The summed E-state index contributed by atoms with van der Waals surface area (Å²) in [6.07, 6.45) is 0. The quantitative estimate of drug-likeness (QED) is 0.554. The van der Waals surface area contributed by atoms with Crippen LogP contribution >= 0.6 is 22.9 Å². The summed E-state index contributed by atoms with van der Waals surface area (Å²) >= 11 is 7.66. The van der Waals surface area contributed by atoms with Crippen LogP contribution in [0.1, 0.15) is 11.5 Å². The van der Waals surface area contributed by atoms with E-state index in [0.29, 0.717) is 42.2 Å². The van der Waals surface area contributed by atoms with E-state index in [-0.39, 0.29) is 12.5 Å². The molecule has 2 aromatic heterocycles. The first-order valence-electron chi connectivity index (χ1n) is 8.80. The van der Waals surface area contributed by atoms with Crippen molar-refractivity contribution in [3.8, 4) is 10.8 Å². The second-order valence-corrected chi connectivity index (χ2v) is 7.64. The van der Waals surface area contributed by atoms with Crippen molar-refractivity contribution in [1.29, 1.82) is 0 Å². The van der Waals surface area contributed by atoms with Gasteiger partial charge in [0, 0.05) is 17.8 Å². The molecule has 1 amide bonds. The third-order valence-electron chi connectivity index (χ3n) is 4.21. The fraction of sp³-hybridized carbons (Fsp3) is 0.316. The number of hydrogen-bond donors (Lipinski definition) is 2. The van der Waals surface area contributed by atoms with Gasteiger partial charge in [-0.1, -0.05) is 23.7 Å². The zero-order valence-electron chi connectivity index (χ0n) is 15.7. The van der Waals surface area contributed by atoms with Gasteiger partial charge in [-0.15, -0.1) is 21.5 Å². The summed E-state index contributed by atoms with van der Waals surface area (Å²) in [4.78, 5) is 14.4. The van der Waals surface area contributed by atoms with E-state index in [2.05, 4.69) is 15.5 Å². The average molecular weight is 422 g/mol. The van der Waals surface area contributed by atoms with Crippen LogP contribution in [0.25, 0.3) is 10.8 Å². The van der Waals surface area contributed by atoms with Crippen LogP contribution in [0.3, 0.4) is 0 Å². The normalized spacial score (nSPS) is 12.1. The smallest absolute Gasteiger partial charge is 0.279 e. The van der Waals surface area contributed by atoms with E-state index in [1.54, 1.807) is 13.2 Å². The summed E-state index contributed by atoms with van der Waals surface area (Å²) < 4.78 is 10.9. The number of nitrogens with zero attached hydrogens (tertiary/aromatic N) is 2. The Bertz CT molecular complexity index is 914. The van der Waals surface area contributed by atoms with Gasteiger partial charge in [0.15, 0.2) is 13.1 Å². The molecule has 0 aliphatic carbocycles. The molecule has 0 fully saturated rings. The topological polar surface area (TPSA) is 81.7 Å². The van der Waals surface area contributed by atoms with E-state index in [1.807, 2.05) is 36.6 Å². The van der Waals surface area contributed by atoms with Crippen molar-refractivity contribution in [1.82, 2.24) is 10.2 Å². The lowest BCUT2D eigenvalue weighted by Crippen LogP contribution is -3.12. The number of carbonyl (C=O) groups is 1. The summed E-state index contributed by atoms with van der Waals surface area (Å²) in [5.41, 5.74) is 1.55. The fourth-order valence-electron chi connectivity index (χ4n) is 2.69. The number of methoxy groups -OCH3 is 1. The van der Waals surface area contributed by atoms with E-state index in [0.717, 1.165) is 15.3 Å². The van der Waals surface area contributed by atoms with Crippen LogP contribution in [-0.4, -0.2) is 42.9 Å². The number of amides is 1. The molecule has 0 aliphatic heterocycles. The minimum atomic E-state index is -0.116. The van der Waals surface area contributed by atoms with Crippen LogP contribution in [0.15, 0.2) is 40.1 Å². The number of rotatable bonds is 9. The number of ether oxygens (including phenoxy) is 1. The highest BCUT2D eigenvalue weighted by molar-refractivity contribution is 7.13. The first kappa shape index (κ1) is 20.5. The molecule has 1 aromatic carbocycles. The van der Waals surface area contributed by atoms with Crippen molar-refractivity contribution in [3.63, 3.8) is 0 Å². The molecule has 3 aromatic rings. The van der Waals surface area contributed by atoms with Gasteiger partial charge in [0.1, 0.15) is 6.54 Å². The maximum absolute atomic E-state index is 12.6. The summed E-state index contributed by atoms with van der Waals surface area (Å²) in [7, 11) is 1.63. The third-order valence-corrected chi connectivity index (χ3v) is 5.48. The molecule has 0 spiro atoms. The molecule has 0 bridgehead atoms. The van der Waals surface area contributed by atoms with Crippen molar-refractivity contribution in [3.05, 3.63) is 52.2 Å². The highest BCUT2D eigenvalue weighted by atomic mass is 35.5. The lowest BCUT2D eigenvalue weighted by atomic mass is 10.2. The van der Waals surface area contributed by atoms with Gasteiger partial charge in [0.25, 0.3) is 17.7 Å². The Kier molecular flexibility index (Phi) is 7.16. The van der Waals surface area contributed by atoms with Gasteiger partial charge in [-0.25, -0.2) is 0 Å². The second kappa shape index (κ2) is 9.79. The molecule has 148 valence electrons. The van der Waals surface area contributed by atoms with Gasteiger partial charge in [-0.3, -0.25) is 4.79 Å². The average Bonchev–Trinajstić information content (AvgIpc) is 3.35. The standard InChI is InChI=1S/C19H21ClN4O3S/c1-13-14(20)5-3-6-15(13)21-17(25)11-24(8-9-26-2)12-18-22-23-19(27-18)16-7-4-10-28-16/h3-7,10H,8-9,11-12H2,1-2H3,(H,21,25)/p+1. The predicted molar refractivity (Wildman–Crippen MR) is 109 cm³/mol. The van der Waals surface area contributed by atoms with Crippen molar-refractivity contribution in [2.75, 3.05) is 32.1 Å². The van der Waals surface area contributed by atoms with Crippen LogP contribution in [0.5, 0.6) is 0 Å². The number of halogens is 1. The van der Waals surface area contributed by atoms with Crippen LogP contribution in [-0.2, 0) is 16.1 Å². The summed E-state index contributed by atoms with van der Waals surface area (Å²) in [5, 5.41) is 13.7. The maximum Gasteiger partial charge on any atom is 0.279 e. The summed E-state index contributed by atoms with van der Waals surface area (Å²) in [6, 6.07) is 9.30. The van der Waals surface area contributed by atoms with Gasteiger partial charge < -0.3 is 19.4 Å². The predicted octanol–water partition coefficient (Wildman–Crippen LogP) is 2.43. The van der Waals surface area contributed by atoms with E-state index in [1.165, 1.54) is 11.3 Å². The molecular formula is C19H22ClN4O3S+. The highest BCUT2D eigenvalue weighted by Gasteiger charge is 2.20. The van der Waals surface area contributed by atoms with Crippen LogP contribution in [0.2, 0.25) is 5.02 Å². The maximum atomic E-state index is 12.6. The largest absolute Gasteiger partial charge is 0.414 e. The first-order chi connectivity index (χ1) is 13.6. The van der Waals surface area contributed by atoms with Crippen molar-refractivity contribution in [2.45, 2.75) is 13.5 Å². The lowest BCUT2D eigenvalue weighted by Gasteiger charge is -2.17. The Morgan fingerprint density at radius 1 is 1.32 bits per heavy atom. The Hall–Kier alpha value is -2.26. The minimum Gasteiger partial charge on any atom is -0.414 e. The van der Waals surface area contributed by atoms with Gasteiger partial charge in [-0.05, 0) is 36.1 Å². The van der Waals surface area contributed by atoms with Gasteiger partial charge >= 0.3 is 0 Å². The highest BCUT2D eigenvalue weighted by Crippen LogP contribution is 2.23. The van der Waals surface area contributed by atoms with E-state index >= 15 is 0 Å². The van der Waals surface area contributed by atoms with Crippen molar-refractivity contribution < 1.29 is 18.8 Å². The monoisotopic (exact) mass is 421 g/mol. The van der Waals surface area contributed by atoms with E-state index < -0.39 is 0 Å². The Morgan fingerprint density at radius 2 is 2.18 bits per heavy atom. The zero-order chi connectivity index (χ0) is 19.9. The second-order valence-electron chi connectivity index (χ2n) is 6.29. The molecule has 1 atom stereocenters. The lowest BCUT2D eigenvalue weighted by molar-refractivity contribution is -0.907. The molecule has 9 heteroatoms. The van der Waals surface area contributed by atoms with Crippen LogP contribution < -0.4 is 10.2 Å². The van der Waals surface area contributed by atoms with Crippen LogP contribution in [0.4, 0.5) is 5.69 Å². The number of anilines is 1. The number of thiophene rings is 1. The molecule has 28 heavy (non-hydrogen) atoms. The van der Waals surface area contributed by atoms with E-state index in [4.69, 9.17) is 20.8 Å². The summed E-state index contributed by atoms with van der Waals surface area (Å²) in [5.74, 6) is 0.866. The number of quaternary nitrogens is 1. The Balaban J connectivity index is 1.64. The van der Waals surface area contributed by atoms with E-state index in [9.17, 15) is 4.79 Å². The number of carbonyl (C=O) groups excluding carboxylic acids is 1. The van der Waals surface area contributed by atoms with Gasteiger partial charge in [0.05, 0.1) is 11.5 Å². The fourth-order valence-corrected chi connectivity index (χ4v) is 3.51. The summed E-state index contributed by atoms with van der Waals surface area (Å²) in [6.45, 7) is 3.70. The molecule has 2 heterocycles. The Labute approximate surface area is 172 Å². The molecule has 2 N–H and O–H groups in total. The number of nitrogens with one attached hydrogen (secondary N) is 2. The molecule has 0 saturated heterocycles. The van der Waals surface area contributed by atoms with Gasteiger partial charge in [0.2, 0.25) is 0 Å². The molecule has 1 unspecified atom stereocenters. The number of hydrogen-bond acceptors (Lipinski definition) is 6. The molecule has 0 radical (unpaired) electrons. The number of benzene rings is 1. The molecule has 3 rings (SSSR count). The van der Waals surface area contributed by atoms with Crippen LogP contribution in [0, 0.1) is 6.92 Å². The molecule has 7 nitrogen and oxygen atoms in total.